The van der Waals surface area contributed by atoms with Crippen LogP contribution in [0.1, 0.15) is 38.2 Å². The molecule has 2 bridgehead atoms. The number of ether oxygens (including phenoxy) is 1. The number of rotatable bonds is 3. The average molecular weight is 282 g/mol. The Kier molecular flexibility index (Phi) is 3.48. The van der Waals surface area contributed by atoms with Gasteiger partial charge in [0.2, 0.25) is 0 Å². The van der Waals surface area contributed by atoms with Crippen LogP contribution in [0.4, 0.5) is 4.39 Å². The highest BCUT2D eigenvalue weighted by atomic mass is 32.2. The Morgan fingerprint density at radius 2 is 2.05 bits per heavy atom. The summed E-state index contributed by atoms with van der Waals surface area (Å²) >= 11 is 1.96. The van der Waals surface area contributed by atoms with Crippen molar-refractivity contribution in [2.45, 2.75) is 48.7 Å². The topological polar surface area (TPSA) is 29.5 Å². The van der Waals surface area contributed by atoms with Crippen molar-refractivity contribution >= 4 is 11.8 Å². The van der Waals surface area contributed by atoms with Crippen LogP contribution in [0.3, 0.4) is 0 Å². The number of thioether (sulfide) groups is 1. The molecule has 3 rings (SSSR count). The van der Waals surface area contributed by atoms with Gasteiger partial charge in [-0.05, 0) is 44.7 Å². The maximum absolute atomic E-state index is 14.2. The van der Waals surface area contributed by atoms with Gasteiger partial charge in [0.1, 0.15) is 11.6 Å². The number of aliphatic hydroxyl groups is 1. The van der Waals surface area contributed by atoms with Gasteiger partial charge in [0, 0.05) is 22.1 Å². The monoisotopic (exact) mass is 282 g/mol. The molecule has 0 radical (unpaired) electrons. The van der Waals surface area contributed by atoms with Gasteiger partial charge in [0.15, 0.2) is 0 Å². The fourth-order valence-corrected chi connectivity index (χ4v) is 5.10. The zero-order valence-corrected chi connectivity index (χ0v) is 11.9. The first-order valence-corrected chi connectivity index (χ1v) is 7.85. The summed E-state index contributed by atoms with van der Waals surface area (Å²) in [4.78, 5) is 0. The van der Waals surface area contributed by atoms with E-state index in [2.05, 4.69) is 0 Å². The molecule has 0 amide bonds. The van der Waals surface area contributed by atoms with Gasteiger partial charge < -0.3 is 9.84 Å². The second kappa shape index (κ2) is 4.98. The summed E-state index contributed by atoms with van der Waals surface area (Å²) in [5.41, 5.74) is -0.556. The molecule has 0 aliphatic carbocycles. The fraction of sp³-hybridized carbons (Fsp3) is 0.600. The Labute approximate surface area is 117 Å². The smallest absolute Gasteiger partial charge is 0.132 e. The highest BCUT2D eigenvalue weighted by Crippen LogP contribution is 2.51. The maximum Gasteiger partial charge on any atom is 0.132 e. The van der Waals surface area contributed by atoms with E-state index in [1.165, 1.54) is 6.07 Å². The second-order valence-electron chi connectivity index (χ2n) is 5.47. The predicted molar refractivity (Wildman–Crippen MR) is 75.1 cm³/mol. The summed E-state index contributed by atoms with van der Waals surface area (Å²) in [5, 5.41) is 11.8. The van der Waals surface area contributed by atoms with Gasteiger partial charge in [0.05, 0.1) is 12.2 Å². The van der Waals surface area contributed by atoms with Crippen LogP contribution in [0.2, 0.25) is 0 Å². The van der Waals surface area contributed by atoms with Gasteiger partial charge in [-0.25, -0.2) is 4.39 Å². The van der Waals surface area contributed by atoms with Gasteiger partial charge in [0.25, 0.3) is 0 Å². The van der Waals surface area contributed by atoms with Crippen LogP contribution in [0.25, 0.3) is 0 Å². The van der Waals surface area contributed by atoms with Crippen molar-refractivity contribution in [1.29, 1.82) is 0 Å². The Morgan fingerprint density at radius 3 is 2.63 bits per heavy atom. The number of hydrogen-bond donors (Lipinski definition) is 1. The first-order chi connectivity index (χ1) is 9.10. The molecule has 0 saturated carbocycles. The summed E-state index contributed by atoms with van der Waals surface area (Å²) in [6, 6.07) is 4.83. The zero-order chi connectivity index (χ0) is 13.5. The summed E-state index contributed by atoms with van der Waals surface area (Å²) in [7, 11) is 0. The van der Waals surface area contributed by atoms with Crippen molar-refractivity contribution in [1.82, 2.24) is 0 Å². The Bertz CT molecular complexity index is 465. The Hall–Kier alpha value is -0.740. The van der Waals surface area contributed by atoms with E-state index in [1.54, 1.807) is 12.1 Å². The number of fused-ring (bicyclic) bond motifs is 2. The minimum Gasteiger partial charge on any atom is -0.494 e. The summed E-state index contributed by atoms with van der Waals surface area (Å²) in [6.45, 7) is 2.39. The summed E-state index contributed by atoms with van der Waals surface area (Å²) in [6.07, 6.45) is 3.63. The first kappa shape index (κ1) is 13.3. The molecule has 1 aromatic rings. The summed E-state index contributed by atoms with van der Waals surface area (Å²) < 4.78 is 19.5. The molecule has 0 spiro atoms. The highest BCUT2D eigenvalue weighted by Gasteiger charge is 2.45. The number of benzene rings is 1. The molecule has 4 heteroatoms. The van der Waals surface area contributed by atoms with Crippen molar-refractivity contribution in [3.05, 3.63) is 29.6 Å². The maximum atomic E-state index is 14.2. The molecule has 2 nitrogen and oxygen atoms in total. The van der Waals surface area contributed by atoms with Crippen molar-refractivity contribution in [2.75, 3.05) is 6.61 Å². The zero-order valence-electron chi connectivity index (χ0n) is 11.1. The molecule has 2 heterocycles. The van der Waals surface area contributed by atoms with Crippen LogP contribution in [-0.4, -0.2) is 22.2 Å². The fourth-order valence-electron chi connectivity index (χ4n) is 3.27. The van der Waals surface area contributed by atoms with E-state index in [0.717, 1.165) is 12.8 Å². The van der Waals surface area contributed by atoms with Crippen LogP contribution in [-0.2, 0) is 5.60 Å². The van der Waals surface area contributed by atoms with Crippen LogP contribution < -0.4 is 4.74 Å². The van der Waals surface area contributed by atoms with Crippen LogP contribution >= 0.6 is 11.8 Å². The molecular formula is C15H19FO2S. The third-order valence-corrected chi connectivity index (χ3v) is 5.65. The largest absolute Gasteiger partial charge is 0.494 e. The first-order valence-electron chi connectivity index (χ1n) is 6.91. The lowest BCUT2D eigenvalue weighted by molar-refractivity contribution is 0.0162. The molecule has 2 aliphatic heterocycles. The predicted octanol–water partition coefficient (Wildman–Crippen LogP) is 3.47. The molecule has 104 valence electrons. The van der Waals surface area contributed by atoms with Crippen molar-refractivity contribution in [3.8, 4) is 5.75 Å². The van der Waals surface area contributed by atoms with Crippen molar-refractivity contribution in [2.24, 2.45) is 0 Å². The van der Waals surface area contributed by atoms with Gasteiger partial charge in [-0.3, -0.25) is 0 Å². The summed E-state index contributed by atoms with van der Waals surface area (Å²) in [5.74, 6) is 0.181. The van der Waals surface area contributed by atoms with E-state index < -0.39 is 5.60 Å². The van der Waals surface area contributed by atoms with Crippen LogP contribution in [0, 0.1) is 5.82 Å². The van der Waals surface area contributed by atoms with Gasteiger partial charge in [-0.1, -0.05) is 0 Å². The molecule has 2 fully saturated rings. The second-order valence-corrected chi connectivity index (χ2v) is 7.08. The molecule has 2 saturated heterocycles. The lowest BCUT2D eigenvalue weighted by Crippen LogP contribution is -2.35. The van der Waals surface area contributed by atoms with E-state index >= 15 is 0 Å². The van der Waals surface area contributed by atoms with Gasteiger partial charge >= 0.3 is 0 Å². The molecular weight excluding hydrogens is 263 g/mol. The van der Waals surface area contributed by atoms with E-state index in [-0.39, 0.29) is 5.82 Å². The Balaban J connectivity index is 1.88. The lowest BCUT2D eigenvalue weighted by Gasteiger charge is -2.36. The number of hydrogen-bond acceptors (Lipinski definition) is 3. The standard InChI is InChI=1S/C15H19FO2S/c1-2-18-10-3-6-13(14(16)7-10)15(17)8-11-4-5-12(9-15)19-11/h3,6-7,11-12,17H,2,4-5,8-9H2,1H3. The van der Waals surface area contributed by atoms with E-state index in [4.69, 9.17) is 4.74 Å². The minimum absolute atomic E-state index is 0.347. The lowest BCUT2D eigenvalue weighted by atomic mass is 9.85. The van der Waals surface area contributed by atoms with Crippen LogP contribution in [0.5, 0.6) is 5.75 Å². The molecule has 2 atom stereocenters. The Morgan fingerprint density at radius 1 is 1.37 bits per heavy atom. The minimum atomic E-state index is -0.994. The normalized spacial score (nSPS) is 33.4. The molecule has 2 unspecified atom stereocenters. The quantitative estimate of drug-likeness (QED) is 0.920. The molecule has 19 heavy (non-hydrogen) atoms. The van der Waals surface area contributed by atoms with Crippen LogP contribution in [0.15, 0.2) is 18.2 Å². The van der Waals surface area contributed by atoms with Gasteiger partial charge in [-0.15, -0.1) is 0 Å². The van der Waals surface area contributed by atoms with E-state index in [9.17, 15) is 9.50 Å². The van der Waals surface area contributed by atoms with Crippen molar-refractivity contribution < 1.29 is 14.2 Å². The molecule has 0 aromatic heterocycles. The third-order valence-electron chi connectivity index (χ3n) is 4.08. The highest BCUT2D eigenvalue weighted by molar-refractivity contribution is 8.00. The number of halogens is 1. The van der Waals surface area contributed by atoms with Crippen molar-refractivity contribution in [3.63, 3.8) is 0 Å². The third kappa shape index (κ3) is 2.48. The van der Waals surface area contributed by atoms with E-state index in [1.807, 2.05) is 18.7 Å². The van der Waals surface area contributed by atoms with Gasteiger partial charge in [-0.2, -0.15) is 11.8 Å². The molecule has 1 N–H and O–H groups in total. The molecule has 2 aliphatic rings. The SMILES string of the molecule is CCOc1ccc(C2(O)CC3CCC(C2)S3)c(F)c1. The average Bonchev–Trinajstić information content (AvgIpc) is 2.69. The molecule has 1 aromatic carbocycles. The van der Waals surface area contributed by atoms with E-state index in [0.29, 0.717) is 41.3 Å².